The molecule has 2 amide bonds. The van der Waals surface area contributed by atoms with Gasteiger partial charge in [0.2, 0.25) is 11.8 Å². The zero-order valence-corrected chi connectivity index (χ0v) is 17.5. The lowest BCUT2D eigenvalue weighted by atomic mass is 9.85. The standard InChI is InChI=1S/C23H28N2O2S/c1-16-7-9-18(10-8-16)25-21(26)12-11-19(22(25)20-6-4-14-28-20)23(27)24-13-3-5-17(2)15-24/h4,6-10,14,17,19,22H,3,5,11-13,15H2,1-2H3. The molecule has 3 unspecified atom stereocenters. The van der Waals surface area contributed by atoms with Crippen molar-refractivity contribution in [1.29, 1.82) is 0 Å². The van der Waals surface area contributed by atoms with Gasteiger partial charge < -0.3 is 9.80 Å². The molecule has 2 aliphatic rings. The number of piperidine rings is 2. The summed E-state index contributed by atoms with van der Waals surface area (Å²) in [7, 11) is 0. The number of likely N-dealkylation sites (tertiary alicyclic amines) is 1. The van der Waals surface area contributed by atoms with E-state index in [1.807, 2.05) is 52.4 Å². The van der Waals surface area contributed by atoms with Crippen molar-refractivity contribution in [3.8, 4) is 0 Å². The Bertz CT molecular complexity index is 831. The lowest BCUT2D eigenvalue weighted by Crippen LogP contribution is -2.50. The van der Waals surface area contributed by atoms with Crippen molar-refractivity contribution in [2.45, 2.75) is 45.6 Å². The molecule has 1 aromatic heterocycles. The highest BCUT2D eigenvalue weighted by Crippen LogP contribution is 2.42. The van der Waals surface area contributed by atoms with E-state index in [-0.39, 0.29) is 23.8 Å². The van der Waals surface area contributed by atoms with Crippen molar-refractivity contribution >= 4 is 28.8 Å². The smallest absolute Gasteiger partial charge is 0.228 e. The van der Waals surface area contributed by atoms with Crippen LogP contribution in [0.5, 0.6) is 0 Å². The van der Waals surface area contributed by atoms with Crippen molar-refractivity contribution in [3.63, 3.8) is 0 Å². The first-order valence-electron chi connectivity index (χ1n) is 10.3. The Hall–Kier alpha value is -2.14. The van der Waals surface area contributed by atoms with Crippen LogP contribution in [0.1, 0.15) is 49.1 Å². The summed E-state index contributed by atoms with van der Waals surface area (Å²) in [5.41, 5.74) is 2.05. The maximum absolute atomic E-state index is 13.5. The van der Waals surface area contributed by atoms with E-state index >= 15 is 0 Å². The Morgan fingerprint density at radius 1 is 1.14 bits per heavy atom. The Balaban J connectivity index is 1.70. The highest BCUT2D eigenvalue weighted by atomic mass is 32.1. The van der Waals surface area contributed by atoms with Gasteiger partial charge in [0, 0.05) is 30.1 Å². The second-order valence-corrected chi connectivity index (χ2v) is 9.22. The quantitative estimate of drug-likeness (QED) is 0.748. The molecule has 0 aliphatic carbocycles. The molecule has 5 heteroatoms. The van der Waals surface area contributed by atoms with Crippen molar-refractivity contribution in [1.82, 2.24) is 4.90 Å². The second-order valence-electron chi connectivity index (χ2n) is 8.24. The van der Waals surface area contributed by atoms with Crippen LogP contribution in [0.15, 0.2) is 41.8 Å². The molecule has 3 heterocycles. The first-order chi connectivity index (χ1) is 13.5. The molecule has 2 aromatic rings. The second kappa shape index (κ2) is 8.08. The Morgan fingerprint density at radius 2 is 1.93 bits per heavy atom. The molecule has 0 N–H and O–H groups in total. The summed E-state index contributed by atoms with van der Waals surface area (Å²) in [6.07, 6.45) is 3.32. The SMILES string of the molecule is Cc1ccc(N2C(=O)CCC(C(=O)N3CCCC(C)C3)C2c2cccs2)cc1. The van der Waals surface area contributed by atoms with Crippen LogP contribution in [0.4, 0.5) is 5.69 Å². The highest BCUT2D eigenvalue weighted by molar-refractivity contribution is 7.10. The number of hydrogen-bond donors (Lipinski definition) is 0. The maximum atomic E-state index is 13.5. The molecular weight excluding hydrogens is 368 g/mol. The van der Waals surface area contributed by atoms with E-state index in [4.69, 9.17) is 0 Å². The first kappa shape index (κ1) is 19.2. The summed E-state index contributed by atoms with van der Waals surface area (Å²) in [4.78, 5) is 31.5. The van der Waals surface area contributed by atoms with Gasteiger partial charge in [0.05, 0.1) is 12.0 Å². The summed E-state index contributed by atoms with van der Waals surface area (Å²) >= 11 is 1.64. The van der Waals surface area contributed by atoms with Gasteiger partial charge in [0.1, 0.15) is 0 Å². The van der Waals surface area contributed by atoms with Crippen LogP contribution in [0.25, 0.3) is 0 Å². The zero-order valence-electron chi connectivity index (χ0n) is 16.6. The number of nitrogens with zero attached hydrogens (tertiary/aromatic N) is 2. The summed E-state index contributed by atoms with van der Waals surface area (Å²) < 4.78 is 0. The summed E-state index contributed by atoms with van der Waals surface area (Å²) in [5, 5.41) is 2.03. The molecule has 2 aliphatic heterocycles. The number of carbonyl (C=O) groups is 2. The number of rotatable bonds is 3. The fourth-order valence-corrected chi connectivity index (χ4v) is 5.45. The minimum absolute atomic E-state index is 0.110. The van der Waals surface area contributed by atoms with Gasteiger partial charge in [-0.1, -0.05) is 30.7 Å². The lowest BCUT2D eigenvalue weighted by Gasteiger charge is -2.43. The molecule has 0 spiro atoms. The fraction of sp³-hybridized carbons (Fsp3) is 0.478. The average molecular weight is 397 g/mol. The number of amides is 2. The molecule has 3 atom stereocenters. The Morgan fingerprint density at radius 3 is 2.61 bits per heavy atom. The number of thiophene rings is 1. The molecule has 4 nitrogen and oxygen atoms in total. The van der Waals surface area contributed by atoms with E-state index in [0.29, 0.717) is 18.8 Å². The van der Waals surface area contributed by atoms with E-state index in [1.54, 1.807) is 11.3 Å². The third-order valence-corrected chi connectivity index (χ3v) is 6.97. The van der Waals surface area contributed by atoms with Gasteiger partial charge in [-0.05, 0) is 55.7 Å². The van der Waals surface area contributed by atoms with Crippen LogP contribution in [-0.4, -0.2) is 29.8 Å². The van der Waals surface area contributed by atoms with Gasteiger partial charge in [-0.2, -0.15) is 0 Å². The largest absolute Gasteiger partial charge is 0.342 e. The minimum Gasteiger partial charge on any atom is -0.342 e. The van der Waals surface area contributed by atoms with E-state index < -0.39 is 0 Å². The molecule has 0 radical (unpaired) electrons. The summed E-state index contributed by atoms with van der Waals surface area (Å²) in [5.74, 6) is 0.701. The van der Waals surface area contributed by atoms with E-state index in [9.17, 15) is 9.59 Å². The molecule has 0 bridgehead atoms. The van der Waals surface area contributed by atoms with Gasteiger partial charge in [0.25, 0.3) is 0 Å². The van der Waals surface area contributed by atoms with Crippen LogP contribution in [-0.2, 0) is 9.59 Å². The third kappa shape index (κ3) is 3.72. The van der Waals surface area contributed by atoms with Gasteiger partial charge in [-0.15, -0.1) is 11.3 Å². The third-order valence-electron chi connectivity index (χ3n) is 6.03. The number of anilines is 1. The van der Waals surface area contributed by atoms with E-state index in [2.05, 4.69) is 13.0 Å². The number of hydrogen-bond acceptors (Lipinski definition) is 3. The predicted octanol–water partition coefficient (Wildman–Crippen LogP) is 4.80. The van der Waals surface area contributed by atoms with Crippen LogP contribution < -0.4 is 4.90 Å². The van der Waals surface area contributed by atoms with Crippen LogP contribution in [0.2, 0.25) is 0 Å². The molecule has 4 rings (SSSR count). The van der Waals surface area contributed by atoms with Gasteiger partial charge in [0.15, 0.2) is 0 Å². The molecule has 2 fully saturated rings. The maximum Gasteiger partial charge on any atom is 0.228 e. The molecule has 1 aromatic carbocycles. The number of benzene rings is 1. The van der Waals surface area contributed by atoms with Crippen LogP contribution in [0, 0.1) is 18.8 Å². The number of aryl methyl sites for hydroxylation is 1. The topological polar surface area (TPSA) is 40.6 Å². The molecular formula is C23H28N2O2S. The Labute approximate surface area is 171 Å². The van der Waals surface area contributed by atoms with Crippen molar-refractivity contribution < 1.29 is 9.59 Å². The van der Waals surface area contributed by atoms with E-state index in [0.717, 1.165) is 35.6 Å². The number of carbonyl (C=O) groups excluding carboxylic acids is 2. The summed E-state index contributed by atoms with van der Waals surface area (Å²) in [6, 6.07) is 11.9. The first-order valence-corrected chi connectivity index (χ1v) is 11.1. The highest BCUT2D eigenvalue weighted by Gasteiger charge is 2.43. The summed E-state index contributed by atoms with van der Waals surface area (Å²) in [6.45, 7) is 5.95. The van der Waals surface area contributed by atoms with Crippen molar-refractivity contribution in [2.24, 2.45) is 11.8 Å². The zero-order chi connectivity index (χ0) is 19.7. The minimum atomic E-state index is -0.214. The van der Waals surface area contributed by atoms with Gasteiger partial charge in [-0.25, -0.2) is 0 Å². The van der Waals surface area contributed by atoms with Gasteiger partial charge in [-0.3, -0.25) is 9.59 Å². The molecule has 0 saturated carbocycles. The van der Waals surface area contributed by atoms with Crippen molar-refractivity contribution in [3.05, 3.63) is 52.2 Å². The normalized spacial score (nSPS) is 25.8. The molecule has 2 saturated heterocycles. The molecule has 148 valence electrons. The van der Waals surface area contributed by atoms with E-state index in [1.165, 1.54) is 6.42 Å². The lowest BCUT2D eigenvalue weighted by molar-refractivity contribution is -0.140. The Kier molecular flexibility index (Phi) is 5.54. The average Bonchev–Trinajstić information content (AvgIpc) is 3.22. The fourth-order valence-electron chi connectivity index (χ4n) is 4.57. The predicted molar refractivity (Wildman–Crippen MR) is 113 cm³/mol. The van der Waals surface area contributed by atoms with Crippen LogP contribution in [0.3, 0.4) is 0 Å². The monoisotopic (exact) mass is 396 g/mol. The molecule has 28 heavy (non-hydrogen) atoms. The van der Waals surface area contributed by atoms with Gasteiger partial charge >= 0.3 is 0 Å². The van der Waals surface area contributed by atoms with Crippen molar-refractivity contribution in [2.75, 3.05) is 18.0 Å². The van der Waals surface area contributed by atoms with Crippen LogP contribution >= 0.6 is 11.3 Å².